The van der Waals surface area contributed by atoms with E-state index in [0.29, 0.717) is 17.5 Å². The van der Waals surface area contributed by atoms with Crippen LogP contribution >= 0.6 is 0 Å². The lowest BCUT2D eigenvalue weighted by Crippen LogP contribution is -2.61. The molecule has 2 N–H and O–H groups in total. The average molecular weight is 508 g/mol. The zero-order valence-electron chi connectivity index (χ0n) is 22.9. The Bertz CT molecular complexity index is 1100. The van der Waals surface area contributed by atoms with E-state index in [1.165, 1.54) is 12.0 Å². The second kappa shape index (κ2) is 9.26. The number of hydrogen-bond acceptors (Lipinski definition) is 4. The number of nitrogens with zero attached hydrogens (tertiary/aromatic N) is 1. The molecule has 0 radical (unpaired) electrons. The van der Waals surface area contributed by atoms with E-state index in [4.69, 9.17) is 4.74 Å². The third-order valence-corrected chi connectivity index (χ3v) is 8.83. The first-order valence-corrected chi connectivity index (χ1v) is 13.9. The molecule has 37 heavy (non-hydrogen) atoms. The highest BCUT2D eigenvalue weighted by atomic mass is 16.5. The Hall–Kier alpha value is -2.67. The van der Waals surface area contributed by atoms with Gasteiger partial charge in [-0.3, -0.25) is 14.4 Å². The summed E-state index contributed by atoms with van der Waals surface area (Å²) < 4.78 is 6.46. The summed E-state index contributed by atoms with van der Waals surface area (Å²) in [6.07, 6.45) is 7.51. The van der Waals surface area contributed by atoms with Gasteiger partial charge in [-0.25, -0.2) is 0 Å². The molecule has 2 saturated heterocycles. The standard InChI is InChI=1S/C30H41N3O4/c1-17(2)19-11-13-20(14-12-19)31-26(34)23-22-15-16-30(37-22)24(23)28(36)33(29(4,5)6)25(30)27(35)32-21-10-8-7-9-18(21)3/h11-18,21-25H,7-10H2,1-6H3,(H,31,34)(H,32,35)/t18-,21-,22+,23-,24+,25+,30+/m1/s1. The van der Waals surface area contributed by atoms with Gasteiger partial charge in [-0.15, -0.1) is 0 Å². The first-order chi connectivity index (χ1) is 17.4. The van der Waals surface area contributed by atoms with Crippen molar-refractivity contribution in [2.45, 2.75) is 102 Å². The number of anilines is 1. The van der Waals surface area contributed by atoms with Gasteiger partial charge in [0, 0.05) is 17.3 Å². The lowest BCUT2D eigenvalue weighted by molar-refractivity contribution is -0.147. The SMILES string of the molecule is CC(C)c1ccc(NC(=O)[C@@H]2[C@@H]3C=C[C@]4(O3)[C@@H]2C(=O)N(C(C)(C)C)[C@H]4C(=O)N[C@@H]2CCCC[C@H]2C)cc1. The molecular weight excluding hydrogens is 466 g/mol. The summed E-state index contributed by atoms with van der Waals surface area (Å²) in [6.45, 7) is 12.2. The van der Waals surface area contributed by atoms with Crippen LogP contribution in [0.5, 0.6) is 0 Å². The van der Waals surface area contributed by atoms with Gasteiger partial charge in [-0.2, -0.15) is 0 Å². The fourth-order valence-electron chi connectivity index (χ4n) is 6.86. The van der Waals surface area contributed by atoms with Crippen molar-refractivity contribution in [2.24, 2.45) is 17.8 Å². The second-order valence-corrected chi connectivity index (χ2v) is 12.7. The van der Waals surface area contributed by atoms with Crippen LogP contribution in [0.4, 0.5) is 5.69 Å². The molecule has 1 saturated carbocycles. The van der Waals surface area contributed by atoms with Crippen LogP contribution in [-0.4, -0.2) is 51.9 Å². The number of fused-ring (bicyclic) bond motifs is 1. The van der Waals surface area contributed by atoms with E-state index in [1.54, 1.807) is 4.90 Å². The molecule has 0 unspecified atom stereocenters. The van der Waals surface area contributed by atoms with Crippen LogP contribution in [-0.2, 0) is 19.1 Å². The summed E-state index contributed by atoms with van der Waals surface area (Å²) in [5, 5.41) is 6.28. The first kappa shape index (κ1) is 26.0. The first-order valence-electron chi connectivity index (χ1n) is 13.9. The fraction of sp³-hybridized carbons (Fsp3) is 0.633. The van der Waals surface area contributed by atoms with Crippen LogP contribution in [0.25, 0.3) is 0 Å². The molecule has 3 heterocycles. The van der Waals surface area contributed by atoms with Crippen LogP contribution in [0, 0.1) is 17.8 Å². The molecule has 7 atom stereocenters. The molecule has 1 aliphatic carbocycles. The van der Waals surface area contributed by atoms with Crippen molar-refractivity contribution in [3.63, 3.8) is 0 Å². The monoisotopic (exact) mass is 507 g/mol. The van der Waals surface area contributed by atoms with E-state index in [9.17, 15) is 14.4 Å². The number of carbonyl (C=O) groups is 3. The minimum Gasteiger partial charge on any atom is -0.359 e. The molecule has 3 fully saturated rings. The van der Waals surface area contributed by atoms with Crippen molar-refractivity contribution < 1.29 is 19.1 Å². The quantitative estimate of drug-likeness (QED) is 0.579. The summed E-state index contributed by atoms with van der Waals surface area (Å²) in [6, 6.07) is 7.08. The topological polar surface area (TPSA) is 87.7 Å². The smallest absolute Gasteiger partial charge is 0.246 e. The maximum absolute atomic E-state index is 14.0. The Morgan fingerprint density at radius 3 is 2.38 bits per heavy atom. The van der Waals surface area contributed by atoms with Crippen LogP contribution in [0.2, 0.25) is 0 Å². The fourth-order valence-corrected chi connectivity index (χ4v) is 6.86. The van der Waals surface area contributed by atoms with Crippen molar-refractivity contribution >= 4 is 23.4 Å². The number of ether oxygens (including phenoxy) is 1. The highest BCUT2D eigenvalue weighted by Gasteiger charge is 2.74. The predicted octanol–water partition coefficient (Wildman–Crippen LogP) is 4.39. The second-order valence-electron chi connectivity index (χ2n) is 12.7. The van der Waals surface area contributed by atoms with Crippen molar-refractivity contribution in [3.05, 3.63) is 42.0 Å². The highest BCUT2D eigenvalue weighted by molar-refractivity contribution is 6.03. The van der Waals surface area contributed by atoms with Crippen molar-refractivity contribution in [1.82, 2.24) is 10.2 Å². The van der Waals surface area contributed by atoms with Gasteiger partial charge in [-0.1, -0.05) is 57.9 Å². The minimum atomic E-state index is -1.14. The predicted molar refractivity (Wildman–Crippen MR) is 143 cm³/mol. The molecule has 1 aromatic carbocycles. The van der Waals surface area contributed by atoms with Gasteiger partial charge in [0.25, 0.3) is 0 Å². The summed E-state index contributed by atoms with van der Waals surface area (Å²) in [5.41, 5.74) is 0.129. The van der Waals surface area contributed by atoms with Gasteiger partial charge in [0.05, 0.1) is 17.9 Å². The molecule has 1 aromatic rings. The largest absolute Gasteiger partial charge is 0.359 e. The van der Waals surface area contributed by atoms with Gasteiger partial charge in [0.2, 0.25) is 17.7 Å². The molecule has 200 valence electrons. The Labute approximate surface area is 220 Å². The summed E-state index contributed by atoms with van der Waals surface area (Å²) in [7, 11) is 0. The molecule has 7 heteroatoms. The van der Waals surface area contributed by atoms with Crippen LogP contribution < -0.4 is 10.6 Å². The van der Waals surface area contributed by atoms with E-state index in [0.717, 1.165) is 19.3 Å². The van der Waals surface area contributed by atoms with E-state index < -0.39 is 35.1 Å². The number of nitrogens with one attached hydrogen (secondary N) is 2. The van der Waals surface area contributed by atoms with Crippen molar-refractivity contribution in [2.75, 3.05) is 5.32 Å². The molecule has 3 amide bonds. The molecule has 2 bridgehead atoms. The number of hydrogen-bond donors (Lipinski definition) is 2. The lowest BCUT2D eigenvalue weighted by Gasteiger charge is -2.41. The minimum absolute atomic E-state index is 0.0871. The van der Waals surface area contributed by atoms with Crippen LogP contribution in [0.15, 0.2) is 36.4 Å². The number of benzene rings is 1. The number of amides is 3. The van der Waals surface area contributed by atoms with Crippen molar-refractivity contribution in [1.29, 1.82) is 0 Å². The van der Waals surface area contributed by atoms with Crippen molar-refractivity contribution in [3.8, 4) is 0 Å². The number of rotatable bonds is 5. The van der Waals surface area contributed by atoms with Gasteiger partial charge >= 0.3 is 0 Å². The average Bonchev–Trinajstić information content (AvgIpc) is 3.48. The highest BCUT2D eigenvalue weighted by Crippen LogP contribution is 2.56. The maximum atomic E-state index is 14.0. The lowest BCUT2D eigenvalue weighted by atomic mass is 9.74. The molecule has 7 nitrogen and oxygen atoms in total. The third-order valence-electron chi connectivity index (χ3n) is 8.83. The summed E-state index contributed by atoms with van der Waals surface area (Å²) in [4.78, 5) is 43.2. The van der Waals surface area contributed by atoms with E-state index >= 15 is 0 Å². The molecular formula is C30H41N3O4. The van der Waals surface area contributed by atoms with Gasteiger partial charge in [0.15, 0.2) is 0 Å². The number of likely N-dealkylation sites (tertiary alicyclic amines) is 1. The summed E-state index contributed by atoms with van der Waals surface area (Å²) in [5.74, 6) is -1.26. The Balaban J connectivity index is 1.43. The van der Waals surface area contributed by atoms with Gasteiger partial charge in [0.1, 0.15) is 11.6 Å². The Morgan fingerprint density at radius 2 is 1.76 bits per heavy atom. The molecule has 4 aliphatic rings. The third kappa shape index (κ3) is 4.29. The summed E-state index contributed by atoms with van der Waals surface area (Å²) >= 11 is 0. The number of carbonyl (C=O) groups excluding carboxylic acids is 3. The zero-order valence-corrected chi connectivity index (χ0v) is 22.9. The van der Waals surface area contributed by atoms with E-state index in [1.807, 2.05) is 57.2 Å². The van der Waals surface area contributed by atoms with E-state index in [-0.39, 0.29) is 23.8 Å². The maximum Gasteiger partial charge on any atom is 0.246 e. The molecule has 5 rings (SSSR count). The van der Waals surface area contributed by atoms with Crippen LogP contribution in [0.1, 0.15) is 78.7 Å². The Morgan fingerprint density at radius 1 is 1.08 bits per heavy atom. The molecule has 1 spiro atoms. The van der Waals surface area contributed by atoms with E-state index in [2.05, 4.69) is 31.4 Å². The Kier molecular flexibility index (Phi) is 6.50. The van der Waals surface area contributed by atoms with Gasteiger partial charge < -0.3 is 20.3 Å². The van der Waals surface area contributed by atoms with Gasteiger partial charge in [-0.05, 0) is 63.1 Å². The normalized spacial score (nSPS) is 34.7. The molecule has 0 aromatic heterocycles. The zero-order chi connectivity index (χ0) is 26.7. The molecule has 3 aliphatic heterocycles. The van der Waals surface area contributed by atoms with Crippen LogP contribution in [0.3, 0.4) is 0 Å².